The Hall–Kier alpha value is -0.510. The second-order valence-corrected chi connectivity index (χ2v) is 5.21. The molecular formula is C14H21Cl2FN2. The van der Waals surface area contributed by atoms with Crippen molar-refractivity contribution < 1.29 is 4.39 Å². The molecule has 0 atom stereocenters. The molecule has 1 saturated carbocycles. The maximum absolute atomic E-state index is 12.8. The molecule has 1 saturated heterocycles. The van der Waals surface area contributed by atoms with Crippen molar-refractivity contribution >= 4 is 30.5 Å². The zero-order chi connectivity index (χ0) is 11.7. The van der Waals surface area contributed by atoms with Gasteiger partial charge in [0.2, 0.25) is 0 Å². The summed E-state index contributed by atoms with van der Waals surface area (Å²) in [7, 11) is 0. The summed E-state index contributed by atoms with van der Waals surface area (Å²) >= 11 is 0. The van der Waals surface area contributed by atoms with Gasteiger partial charge in [0.1, 0.15) is 5.82 Å². The van der Waals surface area contributed by atoms with Crippen LogP contribution in [0.25, 0.3) is 0 Å². The van der Waals surface area contributed by atoms with Crippen molar-refractivity contribution in [1.82, 2.24) is 4.90 Å². The van der Waals surface area contributed by atoms with Crippen molar-refractivity contribution in [3.8, 4) is 0 Å². The lowest BCUT2D eigenvalue weighted by atomic mass is 10.2. The van der Waals surface area contributed by atoms with Gasteiger partial charge in [0.05, 0.1) is 0 Å². The van der Waals surface area contributed by atoms with Crippen LogP contribution in [0, 0.1) is 11.7 Å². The fraction of sp³-hybridized carbons (Fsp3) is 0.571. The third-order valence-corrected chi connectivity index (χ3v) is 3.78. The molecule has 3 rings (SSSR count). The van der Waals surface area contributed by atoms with Gasteiger partial charge in [-0.1, -0.05) is 0 Å². The molecule has 0 bridgehead atoms. The van der Waals surface area contributed by atoms with Gasteiger partial charge in [-0.25, -0.2) is 4.39 Å². The summed E-state index contributed by atoms with van der Waals surface area (Å²) in [5.74, 6) is 0.827. The Labute approximate surface area is 126 Å². The van der Waals surface area contributed by atoms with Crippen molar-refractivity contribution in [2.24, 2.45) is 5.92 Å². The lowest BCUT2D eigenvalue weighted by molar-refractivity contribution is 0.248. The first-order chi connectivity index (χ1) is 8.31. The van der Waals surface area contributed by atoms with Gasteiger partial charge in [-0.2, -0.15) is 0 Å². The van der Waals surface area contributed by atoms with Crippen molar-refractivity contribution in [2.45, 2.75) is 12.8 Å². The molecule has 1 heterocycles. The van der Waals surface area contributed by atoms with Gasteiger partial charge in [-0.3, -0.25) is 4.90 Å². The Bertz CT molecular complexity index is 374. The van der Waals surface area contributed by atoms with Crippen LogP contribution in [0.3, 0.4) is 0 Å². The molecule has 0 N–H and O–H groups in total. The molecule has 2 fully saturated rings. The second-order valence-electron chi connectivity index (χ2n) is 5.21. The molecule has 19 heavy (non-hydrogen) atoms. The summed E-state index contributed by atoms with van der Waals surface area (Å²) in [5, 5.41) is 0. The Balaban J connectivity index is 0.000000902. The first-order valence-electron chi connectivity index (χ1n) is 6.54. The third-order valence-electron chi connectivity index (χ3n) is 3.78. The largest absolute Gasteiger partial charge is 0.369 e. The highest BCUT2D eigenvalue weighted by molar-refractivity contribution is 5.85. The zero-order valence-corrected chi connectivity index (χ0v) is 12.6. The van der Waals surface area contributed by atoms with E-state index in [1.807, 2.05) is 12.1 Å². The number of hydrogen-bond acceptors (Lipinski definition) is 2. The highest BCUT2D eigenvalue weighted by Crippen LogP contribution is 2.30. The van der Waals surface area contributed by atoms with E-state index >= 15 is 0 Å². The van der Waals surface area contributed by atoms with Crippen LogP contribution in [0.15, 0.2) is 24.3 Å². The number of benzene rings is 1. The van der Waals surface area contributed by atoms with Crippen LogP contribution in [-0.4, -0.2) is 37.6 Å². The van der Waals surface area contributed by atoms with Crippen molar-refractivity contribution in [2.75, 3.05) is 37.6 Å². The summed E-state index contributed by atoms with van der Waals surface area (Å²) in [4.78, 5) is 4.92. The molecule has 5 heteroatoms. The minimum atomic E-state index is -0.152. The molecule has 0 aromatic heterocycles. The van der Waals surface area contributed by atoms with Crippen LogP contribution >= 0.6 is 24.8 Å². The molecule has 1 aromatic carbocycles. The second kappa shape index (κ2) is 7.32. The van der Waals surface area contributed by atoms with Gasteiger partial charge in [0, 0.05) is 38.4 Å². The highest BCUT2D eigenvalue weighted by atomic mass is 35.5. The summed E-state index contributed by atoms with van der Waals surface area (Å²) in [6.07, 6.45) is 2.86. The lowest BCUT2D eigenvalue weighted by Crippen LogP contribution is -2.47. The van der Waals surface area contributed by atoms with Gasteiger partial charge < -0.3 is 4.90 Å². The molecule has 0 unspecified atom stereocenters. The molecule has 0 amide bonds. The van der Waals surface area contributed by atoms with E-state index in [0.717, 1.165) is 37.8 Å². The first kappa shape index (κ1) is 16.5. The Morgan fingerprint density at radius 3 is 2.05 bits per heavy atom. The SMILES string of the molecule is Cl.Cl.Fc1ccc(N2CCN(CC3CC3)CC2)cc1. The molecule has 1 aromatic rings. The molecule has 0 spiro atoms. The average Bonchev–Trinajstić information content (AvgIpc) is 3.15. The number of piperazine rings is 1. The van der Waals surface area contributed by atoms with Crippen LogP contribution in [-0.2, 0) is 0 Å². The molecule has 108 valence electrons. The van der Waals surface area contributed by atoms with Gasteiger partial charge >= 0.3 is 0 Å². The van der Waals surface area contributed by atoms with Crippen molar-refractivity contribution in [3.63, 3.8) is 0 Å². The fourth-order valence-corrected chi connectivity index (χ4v) is 2.51. The topological polar surface area (TPSA) is 6.48 Å². The van der Waals surface area contributed by atoms with Gasteiger partial charge in [0.25, 0.3) is 0 Å². The number of hydrogen-bond donors (Lipinski definition) is 0. The molecule has 2 aliphatic rings. The molecule has 1 aliphatic carbocycles. The van der Waals surface area contributed by atoms with Gasteiger partial charge in [-0.15, -0.1) is 24.8 Å². The van der Waals surface area contributed by atoms with Gasteiger partial charge in [0.15, 0.2) is 0 Å². The van der Waals surface area contributed by atoms with Crippen LogP contribution in [0.4, 0.5) is 10.1 Å². The smallest absolute Gasteiger partial charge is 0.123 e. The standard InChI is InChI=1S/C14H19FN2.2ClH/c15-13-3-5-14(6-4-13)17-9-7-16(8-10-17)11-12-1-2-12;;/h3-6,12H,1-2,7-11H2;2*1H. The number of rotatable bonds is 3. The molecule has 1 aliphatic heterocycles. The van der Waals surface area contributed by atoms with Crippen LogP contribution in [0.1, 0.15) is 12.8 Å². The zero-order valence-electron chi connectivity index (χ0n) is 10.9. The molecular weight excluding hydrogens is 286 g/mol. The van der Waals surface area contributed by atoms with Crippen LogP contribution in [0.5, 0.6) is 0 Å². The number of halogens is 3. The third kappa shape index (κ3) is 4.51. The maximum atomic E-state index is 12.8. The van der Waals surface area contributed by atoms with Crippen molar-refractivity contribution in [3.05, 3.63) is 30.1 Å². The van der Waals surface area contributed by atoms with E-state index in [9.17, 15) is 4.39 Å². The highest BCUT2D eigenvalue weighted by Gasteiger charge is 2.26. The van der Waals surface area contributed by atoms with Crippen molar-refractivity contribution in [1.29, 1.82) is 0 Å². The average molecular weight is 307 g/mol. The predicted octanol–water partition coefficient (Wildman–Crippen LogP) is 3.20. The summed E-state index contributed by atoms with van der Waals surface area (Å²) in [5.41, 5.74) is 1.15. The monoisotopic (exact) mass is 306 g/mol. The molecule has 0 radical (unpaired) electrons. The Morgan fingerprint density at radius 1 is 0.947 bits per heavy atom. The Kier molecular flexibility index (Phi) is 6.37. The summed E-state index contributed by atoms with van der Waals surface area (Å²) < 4.78 is 12.8. The summed E-state index contributed by atoms with van der Waals surface area (Å²) in [6.45, 7) is 5.72. The normalized spacial score (nSPS) is 19.5. The van der Waals surface area contributed by atoms with E-state index in [1.165, 1.54) is 19.4 Å². The molecule has 2 nitrogen and oxygen atoms in total. The minimum Gasteiger partial charge on any atom is -0.369 e. The fourth-order valence-electron chi connectivity index (χ4n) is 2.51. The Morgan fingerprint density at radius 2 is 1.53 bits per heavy atom. The quantitative estimate of drug-likeness (QED) is 0.846. The van der Waals surface area contributed by atoms with E-state index in [0.29, 0.717) is 0 Å². The van der Waals surface area contributed by atoms with E-state index in [2.05, 4.69) is 9.80 Å². The van der Waals surface area contributed by atoms with E-state index in [1.54, 1.807) is 12.1 Å². The summed E-state index contributed by atoms with van der Waals surface area (Å²) in [6, 6.07) is 6.86. The number of anilines is 1. The van der Waals surface area contributed by atoms with E-state index in [4.69, 9.17) is 0 Å². The van der Waals surface area contributed by atoms with E-state index < -0.39 is 0 Å². The minimum absolute atomic E-state index is 0. The number of nitrogens with zero attached hydrogens (tertiary/aromatic N) is 2. The first-order valence-corrected chi connectivity index (χ1v) is 6.54. The van der Waals surface area contributed by atoms with Gasteiger partial charge in [-0.05, 0) is 43.0 Å². The predicted molar refractivity (Wildman–Crippen MR) is 82.3 cm³/mol. The maximum Gasteiger partial charge on any atom is 0.123 e. The lowest BCUT2D eigenvalue weighted by Gasteiger charge is -2.36. The van der Waals surface area contributed by atoms with Crippen LogP contribution < -0.4 is 4.90 Å². The van der Waals surface area contributed by atoms with Crippen LogP contribution in [0.2, 0.25) is 0 Å². The van der Waals surface area contributed by atoms with E-state index in [-0.39, 0.29) is 30.6 Å².